The molecule has 0 radical (unpaired) electrons. The van der Waals surface area contributed by atoms with Crippen molar-refractivity contribution in [1.82, 2.24) is 5.32 Å². The number of hydrogen-bond donors (Lipinski definition) is 2. The minimum Gasteiger partial charge on any atom is -0.394 e. The summed E-state index contributed by atoms with van der Waals surface area (Å²) in [6.45, 7) is 5.45. The van der Waals surface area contributed by atoms with E-state index in [0.29, 0.717) is 0 Å². The van der Waals surface area contributed by atoms with Gasteiger partial charge in [0, 0.05) is 14.9 Å². The Morgan fingerprint density at radius 1 is 1.30 bits per heavy atom. The summed E-state index contributed by atoms with van der Waals surface area (Å²) in [6.07, 6.45) is 4.45. The van der Waals surface area contributed by atoms with Crippen molar-refractivity contribution < 1.29 is 5.11 Å². The third-order valence-electron chi connectivity index (χ3n) is 3.37. The van der Waals surface area contributed by atoms with E-state index in [4.69, 9.17) is 0 Å². The first-order valence-corrected chi connectivity index (χ1v) is 9.12. The summed E-state index contributed by atoms with van der Waals surface area (Å²) >= 11 is 5.47. The fourth-order valence-electron chi connectivity index (χ4n) is 2.01. The maximum absolute atomic E-state index is 9.51. The Kier molecular flexibility index (Phi) is 8.85. The number of aliphatic hydroxyl groups excluding tert-OH is 1. The molecule has 0 aromatic heterocycles. The van der Waals surface area contributed by atoms with Gasteiger partial charge in [0.25, 0.3) is 0 Å². The van der Waals surface area contributed by atoms with Crippen LogP contribution in [0, 0.1) is 0 Å². The number of halogens is 1. The van der Waals surface area contributed by atoms with Crippen molar-refractivity contribution in [2.24, 2.45) is 0 Å². The first kappa shape index (κ1) is 18.0. The van der Waals surface area contributed by atoms with Crippen molar-refractivity contribution in [3.8, 4) is 0 Å². The highest BCUT2D eigenvalue weighted by Crippen LogP contribution is 2.28. The molecule has 20 heavy (non-hydrogen) atoms. The Bertz CT molecular complexity index is 388. The van der Waals surface area contributed by atoms with E-state index in [-0.39, 0.29) is 12.1 Å². The monoisotopic (exact) mass is 359 g/mol. The lowest BCUT2D eigenvalue weighted by Crippen LogP contribution is -2.46. The van der Waals surface area contributed by atoms with E-state index in [0.717, 1.165) is 31.6 Å². The molecule has 2 N–H and O–H groups in total. The molecule has 0 fully saturated rings. The van der Waals surface area contributed by atoms with Crippen molar-refractivity contribution in [2.75, 3.05) is 18.9 Å². The topological polar surface area (TPSA) is 32.3 Å². The zero-order valence-corrected chi connectivity index (χ0v) is 14.9. The Hall–Kier alpha value is -0.0300. The Morgan fingerprint density at radius 2 is 2.05 bits per heavy atom. The third-order valence-corrected chi connectivity index (χ3v) is 5.48. The lowest BCUT2D eigenvalue weighted by Gasteiger charge is -2.28. The largest absolute Gasteiger partial charge is 0.394 e. The van der Waals surface area contributed by atoms with Crippen LogP contribution >= 0.6 is 27.7 Å². The molecule has 0 heterocycles. The van der Waals surface area contributed by atoms with E-state index >= 15 is 0 Å². The quantitative estimate of drug-likeness (QED) is 0.477. The number of unbranched alkanes of at least 4 members (excludes halogenated alkanes) is 1. The second-order valence-corrected chi connectivity index (χ2v) is 7.37. The second-order valence-electron chi connectivity index (χ2n) is 5.38. The van der Waals surface area contributed by atoms with Gasteiger partial charge in [-0.1, -0.05) is 25.5 Å². The van der Waals surface area contributed by atoms with E-state index in [1.54, 1.807) is 0 Å². The van der Waals surface area contributed by atoms with Crippen LogP contribution in [0.15, 0.2) is 33.6 Å². The highest BCUT2D eigenvalue weighted by molar-refractivity contribution is 9.10. The predicted molar refractivity (Wildman–Crippen MR) is 92.5 cm³/mol. The molecule has 114 valence electrons. The molecule has 0 saturated carbocycles. The molecule has 0 aliphatic rings. The number of nitrogens with one attached hydrogen (secondary N) is 1. The van der Waals surface area contributed by atoms with Gasteiger partial charge in [0.05, 0.1) is 6.61 Å². The van der Waals surface area contributed by atoms with Gasteiger partial charge in [-0.3, -0.25) is 0 Å². The average Bonchev–Trinajstić information content (AvgIpc) is 2.46. The minimum atomic E-state index is -0.117. The number of rotatable bonds is 10. The van der Waals surface area contributed by atoms with Gasteiger partial charge in [-0.05, 0) is 66.5 Å². The molecule has 1 rings (SSSR count). The summed E-state index contributed by atoms with van der Waals surface area (Å²) in [5.74, 6) is 1.12. The second kappa shape index (κ2) is 9.82. The fraction of sp³-hybridized carbons (Fsp3) is 0.625. The fourth-order valence-corrected chi connectivity index (χ4v) is 3.59. The van der Waals surface area contributed by atoms with Gasteiger partial charge in [-0.15, -0.1) is 11.8 Å². The highest BCUT2D eigenvalue weighted by Gasteiger charge is 2.21. The van der Waals surface area contributed by atoms with Crippen molar-refractivity contribution in [2.45, 2.75) is 50.0 Å². The summed E-state index contributed by atoms with van der Waals surface area (Å²) in [4.78, 5) is 1.31. The van der Waals surface area contributed by atoms with E-state index < -0.39 is 0 Å². The summed E-state index contributed by atoms with van der Waals surface area (Å²) in [7, 11) is 0. The van der Waals surface area contributed by atoms with Gasteiger partial charge in [-0.2, -0.15) is 0 Å². The molecule has 2 nitrogen and oxygen atoms in total. The molecule has 1 atom stereocenters. The van der Waals surface area contributed by atoms with Crippen LogP contribution in [0.5, 0.6) is 0 Å². The van der Waals surface area contributed by atoms with Gasteiger partial charge < -0.3 is 10.4 Å². The van der Waals surface area contributed by atoms with Crippen LogP contribution in [0.3, 0.4) is 0 Å². The number of aliphatic hydroxyl groups is 1. The standard InChI is InChI=1S/C16H26BrNOS/c1-3-11-18-16(2,13-19)10-6-7-12-20-15-9-5-4-8-14(15)17/h4-5,8-9,18-19H,3,6-7,10-13H2,1-2H3. The van der Waals surface area contributed by atoms with E-state index in [9.17, 15) is 5.11 Å². The molecule has 0 aliphatic heterocycles. The van der Waals surface area contributed by atoms with E-state index in [2.05, 4.69) is 53.3 Å². The predicted octanol–water partition coefficient (Wildman–Crippen LogP) is 4.46. The molecule has 1 unspecified atom stereocenters. The SMILES string of the molecule is CCCNC(C)(CO)CCCCSc1ccccc1Br. The summed E-state index contributed by atoms with van der Waals surface area (Å²) in [5.41, 5.74) is -0.117. The Morgan fingerprint density at radius 3 is 2.70 bits per heavy atom. The summed E-state index contributed by atoms with van der Waals surface area (Å²) in [5, 5.41) is 13.0. The molecule has 0 bridgehead atoms. The molecular weight excluding hydrogens is 334 g/mol. The summed E-state index contributed by atoms with van der Waals surface area (Å²) in [6, 6.07) is 8.35. The van der Waals surface area contributed by atoms with Crippen LogP contribution in [0.4, 0.5) is 0 Å². The maximum Gasteiger partial charge on any atom is 0.0610 e. The zero-order chi connectivity index (χ0) is 14.8. The molecule has 4 heteroatoms. The van der Waals surface area contributed by atoms with Crippen molar-refractivity contribution >= 4 is 27.7 Å². The van der Waals surface area contributed by atoms with Crippen LogP contribution in [0.1, 0.15) is 39.5 Å². The van der Waals surface area contributed by atoms with Crippen LogP contribution in [-0.2, 0) is 0 Å². The third kappa shape index (κ3) is 6.61. The molecule has 0 aliphatic carbocycles. The van der Waals surface area contributed by atoms with Crippen LogP contribution in [0.25, 0.3) is 0 Å². The normalized spacial score (nSPS) is 14.2. The highest BCUT2D eigenvalue weighted by atomic mass is 79.9. The average molecular weight is 360 g/mol. The van der Waals surface area contributed by atoms with Crippen molar-refractivity contribution in [1.29, 1.82) is 0 Å². The molecule has 0 spiro atoms. The Labute approximate surface area is 135 Å². The van der Waals surface area contributed by atoms with Crippen LogP contribution in [-0.4, -0.2) is 29.5 Å². The van der Waals surface area contributed by atoms with Gasteiger partial charge in [0.15, 0.2) is 0 Å². The molecule has 0 saturated heterocycles. The minimum absolute atomic E-state index is 0.117. The first-order valence-electron chi connectivity index (χ1n) is 7.34. The molecule has 0 amide bonds. The lowest BCUT2D eigenvalue weighted by atomic mass is 9.96. The number of benzene rings is 1. The van der Waals surface area contributed by atoms with Crippen LogP contribution in [0.2, 0.25) is 0 Å². The van der Waals surface area contributed by atoms with Gasteiger partial charge in [0.2, 0.25) is 0 Å². The summed E-state index contributed by atoms with van der Waals surface area (Å²) < 4.78 is 1.18. The smallest absolute Gasteiger partial charge is 0.0610 e. The van der Waals surface area contributed by atoms with Gasteiger partial charge in [0.1, 0.15) is 0 Å². The van der Waals surface area contributed by atoms with Gasteiger partial charge >= 0.3 is 0 Å². The van der Waals surface area contributed by atoms with E-state index in [1.165, 1.54) is 15.8 Å². The first-order chi connectivity index (χ1) is 9.61. The van der Waals surface area contributed by atoms with Crippen molar-refractivity contribution in [3.05, 3.63) is 28.7 Å². The maximum atomic E-state index is 9.51. The molecule has 1 aromatic carbocycles. The zero-order valence-electron chi connectivity index (χ0n) is 12.5. The molecular formula is C16H26BrNOS. The van der Waals surface area contributed by atoms with Gasteiger partial charge in [-0.25, -0.2) is 0 Å². The number of hydrogen-bond acceptors (Lipinski definition) is 3. The Balaban J connectivity index is 2.22. The van der Waals surface area contributed by atoms with Crippen molar-refractivity contribution in [3.63, 3.8) is 0 Å². The number of thioether (sulfide) groups is 1. The van der Waals surface area contributed by atoms with E-state index in [1.807, 2.05) is 17.8 Å². The van der Waals surface area contributed by atoms with Crippen LogP contribution < -0.4 is 5.32 Å². The molecule has 1 aromatic rings. The lowest BCUT2D eigenvalue weighted by molar-refractivity contribution is 0.163.